The highest BCUT2D eigenvalue weighted by Crippen LogP contribution is 2.40. The lowest BCUT2D eigenvalue weighted by atomic mass is 10.1. The van der Waals surface area contributed by atoms with Crippen molar-refractivity contribution in [2.75, 3.05) is 19.8 Å². The highest BCUT2D eigenvalue weighted by atomic mass is 19.4. The maximum absolute atomic E-state index is 11.9. The fourth-order valence-electron chi connectivity index (χ4n) is 2.35. The number of hydrogen-bond donors (Lipinski definition) is 1. The number of ether oxygens (including phenoxy) is 1. The first-order chi connectivity index (χ1) is 9.49. The molecule has 20 heavy (non-hydrogen) atoms. The SMILES string of the molecule is CCNC(c1ccn(CCOCC(F)(F)F)c1)C1CC1. The molecule has 1 saturated carbocycles. The first-order valence-electron chi connectivity index (χ1n) is 7.03. The average Bonchev–Trinajstić information content (AvgIpc) is 3.10. The molecule has 1 aliphatic carbocycles. The van der Waals surface area contributed by atoms with Gasteiger partial charge in [0.15, 0.2) is 0 Å². The molecule has 0 aromatic carbocycles. The van der Waals surface area contributed by atoms with Gasteiger partial charge in [0, 0.05) is 25.0 Å². The monoisotopic (exact) mass is 290 g/mol. The third-order valence-electron chi connectivity index (χ3n) is 3.41. The summed E-state index contributed by atoms with van der Waals surface area (Å²) in [6.45, 7) is 2.34. The molecule has 6 heteroatoms. The van der Waals surface area contributed by atoms with E-state index in [2.05, 4.69) is 17.0 Å². The molecule has 1 atom stereocenters. The minimum absolute atomic E-state index is 0.0724. The second-order valence-electron chi connectivity index (χ2n) is 5.22. The van der Waals surface area contributed by atoms with Gasteiger partial charge in [-0.2, -0.15) is 13.2 Å². The highest BCUT2D eigenvalue weighted by molar-refractivity contribution is 5.18. The Morgan fingerprint density at radius 2 is 2.20 bits per heavy atom. The quantitative estimate of drug-likeness (QED) is 0.744. The first kappa shape index (κ1) is 15.4. The van der Waals surface area contributed by atoms with E-state index in [1.807, 2.05) is 23.0 Å². The number of rotatable bonds is 8. The number of aromatic nitrogens is 1. The largest absolute Gasteiger partial charge is 0.411 e. The fourth-order valence-corrected chi connectivity index (χ4v) is 2.35. The molecule has 0 saturated heterocycles. The van der Waals surface area contributed by atoms with Gasteiger partial charge in [-0.15, -0.1) is 0 Å². The first-order valence-corrected chi connectivity index (χ1v) is 7.03. The van der Waals surface area contributed by atoms with Crippen molar-refractivity contribution in [3.63, 3.8) is 0 Å². The van der Waals surface area contributed by atoms with Crippen molar-refractivity contribution >= 4 is 0 Å². The Kier molecular flexibility index (Phi) is 5.10. The Balaban J connectivity index is 1.79. The zero-order valence-electron chi connectivity index (χ0n) is 11.6. The van der Waals surface area contributed by atoms with Gasteiger partial charge in [-0.05, 0) is 36.9 Å². The summed E-state index contributed by atoms with van der Waals surface area (Å²) in [6, 6.07) is 2.41. The van der Waals surface area contributed by atoms with Crippen molar-refractivity contribution in [2.24, 2.45) is 5.92 Å². The highest BCUT2D eigenvalue weighted by Gasteiger charge is 2.32. The summed E-state index contributed by atoms with van der Waals surface area (Å²) >= 11 is 0. The second-order valence-corrected chi connectivity index (χ2v) is 5.22. The lowest BCUT2D eigenvalue weighted by Crippen LogP contribution is -2.22. The van der Waals surface area contributed by atoms with E-state index in [0.717, 1.165) is 6.54 Å². The van der Waals surface area contributed by atoms with Crippen LogP contribution in [0.2, 0.25) is 0 Å². The van der Waals surface area contributed by atoms with Gasteiger partial charge in [-0.3, -0.25) is 0 Å². The molecule has 114 valence electrons. The Hall–Kier alpha value is -1.01. The van der Waals surface area contributed by atoms with Crippen molar-refractivity contribution in [1.82, 2.24) is 9.88 Å². The van der Waals surface area contributed by atoms with Crippen molar-refractivity contribution in [2.45, 2.75) is 38.5 Å². The van der Waals surface area contributed by atoms with Crippen molar-refractivity contribution in [3.05, 3.63) is 24.0 Å². The lowest BCUT2D eigenvalue weighted by molar-refractivity contribution is -0.174. The van der Waals surface area contributed by atoms with E-state index in [-0.39, 0.29) is 6.61 Å². The van der Waals surface area contributed by atoms with Crippen molar-refractivity contribution < 1.29 is 17.9 Å². The summed E-state index contributed by atoms with van der Waals surface area (Å²) in [4.78, 5) is 0. The number of alkyl halides is 3. The molecular weight excluding hydrogens is 269 g/mol. The van der Waals surface area contributed by atoms with Crippen LogP contribution in [0.5, 0.6) is 0 Å². The number of nitrogens with one attached hydrogen (secondary N) is 1. The van der Waals surface area contributed by atoms with E-state index < -0.39 is 12.8 Å². The zero-order valence-corrected chi connectivity index (χ0v) is 11.6. The smallest absolute Gasteiger partial charge is 0.370 e. The minimum atomic E-state index is -4.25. The fraction of sp³-hybridized carbons (Fsp3) is 0.714. The molecule has 1 fully saturated rings. The van der Waals surface area contributed by atoms with E-state index >= 15 is 0 Å². The van der Waals surface area contributed by atoms with E-state index in [1.165, 1.54) is 18.4 Å². The van der Waals surface area contributed by atoms with E-state index in [9.17, 15) is 13.2 Å². The van der Waals surface area contributed by atoms with Crippen LogP contribution in [0.3, 0.4) is 0 Å². The molecule has 1 aromatic heterocycles. The van der Waals surface area contributed by atoms with Crippen LogP contribution in [0, 0.1) is 5.92 Å². The third kappa shape index (κ3) is 4.83. The molecule has 1 N–H and O–H groups in total. The van der Waals surface area contributed by atoms with Gasteiger partial charge in [0.1, 0.15) is 6.61 Å². The second kappa shape index (κ2) is 6.63. The molecule has 1 aliphatic rings. The molecule has 1 unspecified atom stereocenters. The lowest BCUT2D eigenvalue weighted by Gasteiger charge is -2.15. The van der Waals surface area contributed by atoms with Crippen LogP contribution >= 0.6 is 0 Å². The Bertz CT molecular complexity index is 413. The van der Waals surface area contributed by atoms with Gasteiger partial charge < -0.3 is 14.6 Å². The molecular formula is C14H21F3N2O. The van der Waals surface area contributed by atoms with Crippen molar-refractivity contribution in [1.29, 1.82) is 0 Å². The average molecular weight is 290 g/mol. The predicted molar refractivity (Wildman–Crippen MR) is 70.4 cm³/mol. The number of halogens is 3. The Labute approximate surface area is 117 Å². The maximum Gasteiger partial charge on any atom is 0.411 e. The van der Waals surface area contributed by atoms with Crippen molar-refractivity contribution in [3.8, 4) is 0 Å². The molecule has 0 bridgehead atoms. The molecule has 0 radical (unpaired) electrons. The van der Waals surface area contributed by atoms with E-state index in [1.54, 1.807) is 0 Å². The summed E-state index contributed by atoms with van der Waals surface area (Å²) in [6.07, 6.45) is 2.15. The minimum Gasteiger partial charge on any atom is -0.370 e. The van der Waals surface area contributed by atoms with Gasteiger partial charge >= 0.3 is 6.18 Å². The summed E-state index contributed by atoms with van der Waals surface area (Å²) in [5, 5.41) is 3.47. The standard InChI is InChI=1S/C14H21F3N2O/c1-2-18-13(11-3-4-11)12-5-6-19(9-12)7-8-20-10-14(15,16)17/h5-6,9,11,13,18H,2-4,7-8,10H2,1H3. The predicted octanol–water partition coefficient (Wildman–Crippen LogP) is 3.13. The van der Waals surface area contributed by atoms with Gasteiger partial charge in [-0.25, -0.2) is 0 Å². The molecule has 0 amide bonds. The van der Waals surface area contributed by atoms with Crippen LogP contribution in [0.4, 0.5) is 13.2 Å². The Morgan fingerprint density at radius 3 is 2.80 bits per heavy atom. The number of hydrogen-bond acceptors (Lipinski definition) is 2. The van der Waals surface area contributed by atoms with Crippen LogP contribution in [0.1, 0.15) is 31.4 Å². The maximum atomic E-state index is 11.9. The van der Waals surface area contributed by atoms with Gasteiger partial charge in [0.25, 0.3) is 0 Å². The van der Waals surface area contributed by atoms with Gasteiger partial charge in [0.2, 0.25) is 0 Å². The summed E-state index contributed by atoms with van der Waals surface area (Å²) in [7, 11) is 0. The summed E-state index contributed by atoms with van der Waals surface area (Å²) < 4.78 is 42.3. The molecule has 1 aromatic rings. The molecule has 0 spiro atoms. The normalized spacial score (nSPS) is 17.4. The summed E-state index contributed by atoms with van der Waals surface area (Å²) in [5.74, 6) is 0.701. The van der Waals surface area contributed by atoms with Crippen LogP contribution in [-0.4, -0.2) is 30.5 Å². The van der Waals surface area contributed by atoms with E-state index in [0.29, 0.717) is 18.5 Å². The van der Waals surface area contributed by atoms with Crippen LogP contribution in [-0.2, 0) is 11.3 Å². The summed E-state index contributed by atoms with van der Waals surface area (Å²) in [5.41, 5.74) is 1.21. The van der Waals surface area contributed by atoms with Crippen LogP contribution < -0.4 is 5.32 Å². The van der Waals surface area contributed by atoms with Gasteiger partial charge in [0.05, 0.1) is 6.61 Å². The zero-order chi connectivity index (χ0) is 14.6. The topological polar surface area (TPSA) is 26.2 Å². The van der Waals surface area contributed by atoms with E-state index in [4.69, 9.17) is 0 Å². The van der Waals surface area contributed by atoms with Gasteiger partial charge in [-0.1, -0.05) is 6.92 Å². The Morgan fingerprint density at radius 1 is 1.45 bits per heavy atom. The number of nitrogens with zero attached hydrogens (tertiary/aromatic N) is 1. The molecule has 3 nitrogen and oxygen atoms in total. The van der Waals surface area contributed by atoms with Crippen LogP contribution in [0.25, 0.3) is 0 Å². The third-order valence-corrected chi connectivity index (χ3v) is 3.41. The molecule has 1 heterocycles. The molecule has 0 aliphatic heterocycles. The van der Waals surface area contributed by atoms with Crippen LogP contribution in [0.15, 0.2) is 18.5 Å². The molecule has 2 rings (SSSR count).